The van der Waals surface area contributed by atoms with Crippen LogP contribution in [-0.2, 0) is 15.6 Å². The number of rotatable bonds is 4. The molecule has 2 aromatic carbocycles. The third-order valence-corrected chi connectivity index (χ3v) is 7.47. The molecule has 2 atom stereocenters. The van der Waals surface area contributed by atoms with Gasteiger partial charge in [-0.1, -0.05) is 36.0 Å². The van der Waals surface area contributed by atoms with Gasteiger partial charge in [-0.25, -0.2) is 12.8 Å². The van der Waals surface area contributed by atoms with Gasteiger partial charge in [0.15, 0.2) is 15.0 Å². The largest absolute Gasteiger partial charge is 0.495 e. The van der Waals surface area contributed by atoms with Gasteiger partial charge in [-0.3, -0.25) is 4.99 Å². The van der Waals surface area contributed by atoms with Gasteiger partial charge in [-0.15, -0.1) is 0 Å². The van der Waals surface area contributed by atoms with Gasteiger partial charge in [0.05, 0.1) is 36.4 Å². The summed E-state index contributed by atoms with van der Waals surface area (Å²) in [7, 11) is -1.50. The van der Waals surface area contributed by atoms with Gasteiger partial charge in [0.2, 0.25) is 0 Å². The van der Waals surface area contributed by atoms with Crippen molar-refractivity contribution in [2.45, 2.75) is 17.8 Å². The highest BCUT2D eigenvalue weighted by molar-refractivity contribution is 8.13. The van der Waals surface area contributed by atoms with E-state index in [-0.39, 0.29) is 29.4 Å². The van der Waals surface area contributed by atoms with Crippen LogP contribution >= 0.6 is 11.8 Å². The molecule has 8 heteroatoms. The van der Waals surface area contributed by atoms with E-state index in [2.05, 4.69) is 0 Å². The maximum atomic E-state index is 13.1. The van der Waals surface area contributed by atoms with Crippen molar-refractivity contribution >= 4 is 32.5 Å². The molecular weight excluding hydrogens is 387 g/mol. The lowest BCUT2D eigenvalue weighted by Gasteiger charge is -2.27. The Morgan fingerprint density at radius 1 is 1.19 bits per heavy atom. The van der Waals surface area contributed by atoms with Crippen molar-refractivity contribution in [3.05, 3.63) is 59.9 Å². The van der Waals surface area contributed by atoms with Gasteiger partial charge in [0.1, 0.15) is 11.6 Å². The third-order valence-electron chi connectivity index (χ3n) is 4.73. The molecule has 0 saturated carbocycles. The standard InChI is InChI=1S/C19H19FN2O3S2/c1-25-18-5-3-2-4-16(18)22-17-12-27(23,24)11-15(17)21-19(22)26-10-13-6-8-14(20)9-7-13/h2-9,15,17H,10-12H2,1H3. The lowest BCUT2D eigenvalue weighted by Crippen LogP contribution is -2.39. The number of nitrogens with zero attached hydrogens (tertiary/aromatic N) is 2. The second kappa shape index (κ2) is 7.16. The second-order valence-corrected chi connectivity index (χ2v) is 9.68. The molecule has 1 fully saturated rings. The summed E-state index contributed by atoms with van der Waals surface area (Å²) in [5.74, 6) is 1.19. The minimum atomic E-state index is -3.10. The van der Waals surface area contributed by atoms with Crippen LogP contribution < -0.4 is 9.64 Å². The summed E-state index contributed by atoms with van der Waals surface area (Å²) in [6.45, 7) is 0. The van der Waals surface area contributed by atoms with E-state index in [0.29, 0.717) is 11.5 Å². The van der Waals surface area contributed by atoms with Gasteiger partial charge in [0.25, 0.3) is 0 Å². The van der Waals surface area contributed by atoms with E-state index in [1.807, 2.05) is 29.2 Å². The fourth-order valence-electron chi connectivity index (χ4n) is 3.47. The number of methoxy groups -OCH3 is 1. The Morgan fingerprint density at radius 2 is 1.93 bits per heavy atom. The zero-order valence-electron chi connectivity index (χ0n) is 14.7. The van der Waals surface area contributed by atoms with Crippen LogP contribution in [0.25, 0.3) is 0 Å². The smallest absolute Gasteiger partial charge is 0.164 e. The lowest BCUT2D eigenvalue weighted by atomic mass is 10.1. The summed E-state index contributed by atoms with van der Waals surface area (Å²) >= 11 is 1.53. The Balaban J connectivity index is 1.64. The molecule has 27 heavy (non-hydrogen) atoms. The molecule has 0 aliphatic carbocycles. The first kappa shape index (κ1) is 18.3. The molecule has 142 valence electrons. The molecule has 0 N–H and O–H groups in total. The molecule has 5 nitrogen and oxygen atoms in total. The van der Waals surface area contributed by atoms with Gasteiger partial charge in [0, 0.05) is 5.75 Å². The van der Waals surface area contributed by atoms with Crippen LogP contribution in [0.1, 0.15) is 5.56 Å². The number of ether oxygens (including phenoxy) is 1. The summed E-state index contributed by atoms with van der Waals surface area (Å²) in [6, 6.07) is 13.4. The van der Waals surface area contributed by atoms with E-state index in [1.165, 1.54) is 23.9 Å². The van der Waals surface area contributed by atoms with E-state index < -0.39 is 9.84 Å². The minimum absolute atomic E-state index is 0.0733. The van der Waals surface area contributed by atoms with Crippen molar-refractivity contribution in [1.29, 1.82) is 0 Å². The maximum Gasteiger partial charge on any atom is 0.164 e. The Hall–Kier alpha value is -2.06. The van der Waals surface area contributed by atoms with Crippen LogP contribution in [0.5, 0.6) is 5.75 Å². The molecule has 2 aliphatic heterocycles. The zero-order valence-corrected chi connectivity index (χ0v) is 16.3. The first-order chi connectivity index (χ1) is 13.0. The number of anilines is 1. The number of sulfone groups is 1. The highest BCUT2D eigenvalue weighted by Crippen LogP contribution is 2.39. The number of para-hydroxylation sites is 2. The van der Waals surface area contributed by atoms with E-state index >= 15 is 0 Å². The van der Waals surface area contributed by atoms with Gasteiger partial charge < -0.3 is 9.64 Å². The molecule has 4 rings (SSSR count). The van der Waals surface area contributed by atoms with E-state index in [1.54, 1.807) is 19.2 Å². The van der Waals surface area contributed by atoms with E-state index in [9.17, 15) is 12.8 Å². The predicted molar refractivity (Wildman–Crippen MR) is 107 cm³/mol. The molecule has 2 aromatic rings. The van der Waals surface area contributed by atoms with Crippen LogP contribution in [-0.4, -0.2) is 44.3 Å². The fraction of sp³-hybridized carbons (Fsp3) is 0.316. The van der Waals surface area contributed by atoms with Crippen molar-refractivity contribution in [2.75, 3.05) is 23.5 Å². The topological polar surface area (TPSA) is 59.0 Å². The molecule has 0 bridgehead atoms. The summed E-state index contributed by atoms with van der Waals surface area (Å²) in [5.41, 5.74) is 1.80. The van der Waals surface area contributed by atoms with Crippen molar-refractivity contribution in [3.8, 4) is 5.75 Å². The van der Waals surface area contributed by atoms with Crippen LogP contribution in [0.3, 0.4) is 0 Å². The second-order valence-electron chi connectivity index (χ2n) is 6.58. The monoisotopic (exact) mass is 406 g/mol. The first-order valence-corrected chi connectivity index (χ1v) is 11.4. The summed E-state index contributed by atoms with van der Waals surface area (Å²) in [4.78, 5) is 6.70. The number of hydrogen-bond donors (Lipinski definition) is 0. The van der Waals surface area contributed by atoms with Gasteiger partial charge >= 0.3 is 0 Å². The van der Waals surface area contributed by atoms with Crippen molar-refractivity contribution in [2.24, 2.45) is 4.99 Å². The van der Waals surface area contributed by atoms with Crippen LogP contribution in [0.4, 0.5) is 10.1 Å². The molecule has 2 aliphatic rings. The molecule has 2 heterocycles. The van der Waals surface area contributed by atoms with E-state index in [4.69, 9.17) is 9.73 Å². The number of hydrogen-bond acceptors (Lipinski definition) is 6. The fourth-order valence-corrected chi connectivity index (χ4v) is 6.39. The molecule has 2 unspecified atom stereocenters. The van der Waals surface area contributed by atoms with E-state index in [0.717, 1.165) is 16.4 Å². The Kier molecular flexibility index (Phi) is 4.86. The third kappa shape index (κ3) is 3.68. The molecule has 0 spiro atoms. The normalized spacial score (nSPS) is 23.2. The highest BCUT2D eigenvalue weighted by atomic mass is 32.2. The summed E-state index contributed by atoms with van der Waals surface area (Å²) in [5, 5.41) is 0.772. The van der Waals surface area contributed by atoms with Gasteiger partial charge in [-0.2, -0.15) is 0 Å². The Labute approximate surface area is 162 Å². The van der Waals surface area contributed by atoms with Crippen molar-refractivity contribution < 1.29 is 17.5 Å². The Morgan fingerprint density at radius 3 is 2.67 bits per heavy atom. The Bertz CT molecular complexity index is 977. The van der Waals surface area contributed by atoms with Crippen molar-refractivity contribution in [1.82, 2.24) is 0 Å². The zero-order chi connectivity index (χ0) is 19.0. The number of fused-ring (bicyclic) bond motifs is 1. The molecule has 1 saturated heterocycles. The first-order valence-electron chi connectivity index (χ1n) is 8.54. The number of thioether (sulfide) groups is 1. The maximum absolute atomic E-state index is 13.1. The molecule has 0 radical (unpaired) electrons. The number of aliphatic imine (C=N–C) groups is 1. The van der Waals surface area contributed by atoms with Crippen LogP contribution in [0, 0.1) is 5.82 Å². The highest BCUT2D eigenvalue weighted by Gasteiger charge is 2.47. The molecular formula is C19H19FN2O3S2. The number of halogens is 1. The molecule has 0 amide bonds. The van der Waals surface area contributed by atoms with Gasteiger partial charge in [-0.05, 0) is 29.8 Å². The SMILES string of the molecule is COc1ccccc1N1C(SCc2ccc(F)cc2)=NC2CS(=O)(=O)CC21. The summed E-state index contributed by atoms with van der Waals surface area (Å²) in [6.07, 6.45) is 0. The lowest BCUT2D eigenvalue weighted by molar-refractivity contribution is 0.415. The minimum Gasteiger partial charge on any atom is -0.495 e. The average Bonchev–Trinajstić information content (AvgIpc) is 3.12. The average molecular weight is 407 g/mol. The number of benzene rings is 2. The predicted octanol–water partition coefficient (Wildman–Crippen LogP) is 3.11. The number of amidine groups is 1. The van der Waals surface area contributed by atoms with Crippen LogP contribution in [0.2, 0.25) is 0 Å². The molecule has 0 aromatic heterocycles. The quantitative estimate of drug-likeness (QED) is 0.781. The summed E-state index contributed by atoms with van der Waals surface area (Å²) < 4.78 is 42.8. The van der Waals surface area contributed by atoms with Crippen LogP contribution in [0.15, 0.2) is 53.5 Å². The van der Waals surface area contributed by atoms with Crippen molar-refractivity contribution in [3.63, 3.8) is 0 Å².